The van der Waals surface area contributed by atoms with E-state index in [-0.39, 0.29) is 0 Å². The quantitative estimate of drug-likeness (QED) is 0.703. The Morgan fingerprint density at radius 3 is 2.52 bits per heavy atom. The molecule has 2 aromatic rings. The highest BCUT2D eigenvalue weighted by atomic mass is 79.9. The topological polar surface area (TPSA) is 21.3 Å². The van der Waals surface area contributed by atoms with E-state index in [1.807, 2.05) is 18.2 Å². The van der Waals surface area contributed by atoms with Gasteiger partial charge in [0, 0.05) is 21.1 Å². The molecule has 21 heavy (non-hydrogen) atoms. The van der Waals surface area contributed by atoms with Gasteiger partial charge in [0.25, 0.3) is 0 Å². The number of rotatable bonds is 6. The number of hydrogen-bond donors (Lipinski definition) is 1. The van der Waals surface area contributed by atoms with Crippen molar-refractivity contribution in [2.45, 2.75) is 27.0 Å². The highest BCUT2D eigenvalue weighted by Gasteiger charge is 2.04. The monoisotopic (exact) mass is 411 g/mol. The number of aryl methyl sites for hydroxylation is 1. The van der Waals surface area contributed by atoms with Gasteiger partial charge in [-0.3, -0.25) is 0 Å². The Balaban J connectivity index is 2.01. The van der Waals surface area contributed by atoms with E-state index in [1.54, 1.807) is 0 Å². The zero-order valence-electron chi connectivity index (χ0n) is 12.2. The summed E-state index contributed by atoms with van der Waals surface area (Å²) in [5.74, 6) is 0.888. The van der Waals surface area contributed by atoms with E-state index in [1.165, 1.54) is 11.1 Å². The first-order valence-corrected chi connectivity index (χ1v) is 8.55. The standard InChI is InChI=1S/C17H19Br2NO/c1-3-20-10-13-4-5-14(17(19)9-13)11-21-15-6-7-16(18)12(2)8-15/h4-9,20H,3,10-11H2,1-2H3. The lowest BCUT2D eigenvalue weighted by molar-refractivity contribution is 0.305. The zero-order valence-corrected chi connectivity index (χ0v) is 15.4. The maximum atomic E-state index is 5.86. The third-order valence-electron chi connectivity index (χ3n) is 3.22. The number of ether oxygens (including phenoxy) is 1. The fraction of sp³-hybridized carbons (Fsp3) is 0.294. The Kier molecular flexibility index (Phi) is 6.27. The Bertz CT molecular complexity index is 614. The van der Waals surface area contributed by atoms with Crippen LogP contribution >= 0.6 is 31.9 Å². The Hall–Kier alpha value is -0.840. The van der Waals surface area contributed by atoms with Crippen molar-refractivity contribution < 1.29 is 4.74 Å². The summed E-state index contributed by atoms with van der Waals surface area (Å²) >= 11 is 7.12. The van der Waals surface area contributed by atoms with Gasteiger partial charge in [0.15, 0.2) is 0 Å². The smallest absolute Gasteiger partial charge is 0.120 e. The van der Waals surface area contributed by atoms with Crippen molar-refractivity contribution in [3.8, 4) is 5.75 Å². The Labute approximate surface area is 143 Å². The van der Waals surface area contributed by atoms with Gasteiger partial charge in [-0.15, -0.1) is 0 Å². The molecule has 0 fully saturated rings. The predicted molar refractivity (Wildman–Crippen MR) is 94.7 cm³/mol. The summed E-state index contributed by atoms with van der Waals surface area (Å²) in [7, 11) is 0. The third-order valence-corrected chi connectivity index (χ3v) is 4.85. The van der Waals surface area contributed by atoms with E-state index >= 15 is 0 Å². The minimum Gasteiger partial charge on any atom is -0.489 e. The molecule has 0 radical (unpaired) electrons. The van der Waals surface area contributed by atoms with Crippen molar-refractivity contribution in [2.24, 2.45) is 0 Å². The molecular weight excluding hydrogens is 394 g/mol. The van der Waals surface area contributed by atoms with Crippen LogP contribution in [0.3, 0.4) is 0 Å². The number of nitrogens with one attached hydrogen (secondary N) is 1. The van der Waals surface area contributed by atoms with Crippen molar-refractivity contribution >= 4 is 31.9 Å². The maximum absolute atomic E-state index is 5.86. The maximum Gasteiger partial charge on any atom is 0.120 e. The number of halogens is 2. The van der Waals surface area contributed by atoms with E-state index in [2.05, 4.69) is 69.2 Å². The summed E-state index contributed by atoms with van der Waals surface area (Å²) in [6.07, 6.45) is 0. The Morgan fingerprint density at radius 2 is 1.86 bits per heavy atom. The van der Waals surface area contributed by atoms with Gasteiger partial charge in [-0.2, -0.15) is 0 Å². The largest absolute Gasteiger partial charge is 0.489 e. The van der Waals surface area contributed by atoms with E-state index in [0.29, 0.717) is 6.61 Å². The van der Waals surface area contributed by atoms with Crippen LogP contribution in [0.1, 0.15) is 23.6 Å². The summed E-state index contributed by atoms with van der Waals surface area (Å²) in [4.78, 5) is 0. The average Bonchev–Trinajstić information content (AvgIpc) is 2.47. The third kappa shape index (κ3) is 4.83. The molecule has 0 bridgehead atoms. The van der Waals surface area contributed by atoms with E-state index < -0.39 is 0 Å². The molecule has 0 atom stereocenters. The lowest BCUT2D eigenvalue weighted by Gasteiger charge is -2.11. The summed E-state index contributed by atoms with van der Waals surface area (Å²) in [6.45, 7) is 6.59. The van der Waals surface area contributed by atoms with Gasteiger partial charge < -0.3 is 10.1 Å². The zero-order chi connectivity index (χ0) is 15.2. The normalized spacial score (nSPS) is 10.7. The molecule has 1 N–H and O–H groups in total. The second kappa shape index (κ2) is 7.97. The van der Waals surface area contributed by atoms with Crippen LogP contribution in [-0.4, -0.2) is 6.54 Å². The molecule has 0 heterocycles. The minimum absolute atomic E-state index is 0.559. The molecule has 2 nitrogen and oxygen atoms in total. The second-order valence-corrected chi connectivity index (χ2v) is 6.61. The summed E-state index contributed by atoms with van der Waals surface area (Å²) in [6, 6.07) is 12.4. The molecule has 0 aliphatic carbocycles. The van der Waals surface area contributed by atoms with Crippen LogP contribution in [0, 0.1) is 6.92 Å². The highest BCUT2D eigenvalue weighted by Crippen LogP contribution is 2.24. The van der Waals surface area contributed by atoms with E-state index in [4.69, 9.17) is 4.74 Å². The van der Waals surface area contributed by atoms with Gasteiger partial charge in [-0.1, -0.05) is 50.9 Å². The molecule has 4 heteroatoms. The molecule has 0 spiro atoms. The van der Waals surface area contributed by atoms with Crippen LogP contribution in [0.4, 0.5) is 0 Å². The molecule has 0 amide bonds. The molecule has 0 aliphatic heterocycles. The van der Waals surface area contributed by atoms with Crippen LogP contribution in [0.2, 0.25) is 0 Å². The predicted octanol–water partition coefficient (Wildman–Crippen LogP) is 5.21. The Morgan fingerprint density at radius 1 is 1.05 bits per heavy atom. The molecule has 0 unspecified atom stereocenters. The van der Waals surface area contributed by atoms with Gasteiger partial charge in [-0.25, -0.2) is 0 Å². The first-order valence-electron chi connectivity index (χ1n) is 6.97. The van der Waals surface area contributed by atoms with Gasteiger partial charge in [0.05, 0.1) is 0 Å². The van der Waals surface area contributed by atoms with Gasteiger partial charge >= 0.3 is 0 Å². The molecule has 2 rings (SSSR count). The highest BCUT2D eigenvalue weighted by molar-refractivity contribution is 9.10. The first kappa shape index (κ1) is 16.5. The summed E-state index contributed by atoms with van der Waals surface area (Å²) in [5.41, 5.74) is 3.59. The lowest BCUT2D eigenvalue weighted by Crippen LogP contribution is -2.11. The fourth-order valence-corrected chi connectivity index (χ4v) is 2.74. The molecular formula is C17H19Br2NO. The molecule has 2 aromatic carbocycles. The fourth-order valence-electron chi connectivity index (χ4n) is 1.96. The van der Waals surface area contributed by atoms with Crippen molar-refractivity contribution in [3.63, 3.8) is 0 Å². The summed E-state index contributed by atoms with van der Waals surface area (Å²) in [5, 5.41) is 3.32. The SMILES string of the molecule is CCNCc1ccc(COc2ccc(Br)c(C)c2)c(Br)c1. The second-order valence-electron chi connectivity index (χ2n) is 4.91. The van der Waals surface area contributed by atoms with Crippen LogP contribution in [0.25, 0.3) is 0 Å². The van der Waals surface area contributed by atoms with Crippen molar-refractivity contribution in [2.75, 3.05) is 6.54 Å². The molecule has 0 saturated carbocycles. The first-order chi connectivity index (χ1) is 10.1. The van der Waals surface area contributed by atoms with Crippen LogP contribution in [0.15, 0.2) is 45.3 Å². The van der Waals surface area contributed by atoms with E-state index in [0.717, 1.165) is 33.3 Å². The van der Waals surface area contributed by atoms with Gasteiger partial charge in [0.1, 0.15) is 12.4 Å². The summed E-state index contributed by atoms with van der Waals surface area (Å²) < 4.78 is 8.05. The minimum atomic E-state index is 0.559. The van der Waals surface area contributed by atoms with Gasteiger partial charge in [-0.05, 0) is 48.9 Å². The van der Waals surface area contributed by atoms with Crippen LogP contribution in [0.5, 0.6) is 5.75 Å². The number of benzene rings is 2. The molecule has 112 valence electrons. The lowest BCUT2D eigenvalue weighted by atomic mass is 10.1. The molecule has 0 aliphatic rings. The number of hydrogen-bond acceptors (Lipinski definition) is 2. The van der Waals surface area contributed by atoms with Crippen molar-refractivity contribution in [1.29, 1.82) is 0 Å². The van der Waals surface area contributed by atoms with Gasteiger partial charge in [0.2, 0.25) is 0 Å². The molecule has 0 saturated heterocycles. The van der Waals surface area contributed by atoms with Crippen LogP contribution in [-0.2, 0) is 13.2 Å². The molecule has 0 aromatic heterocycles. The van der Waals surface area contributed by atoms with Crippen molar-refractivity contribution in [3.05, 3.63) is 62.0 Å². The average molecular weight is 413 g/mol. The van der Waals surface area contributed by atoms with Crippen molar-refractivity contribution in [1.82, 2.24) is 5.32 Å². The van der Waals surface area contributed by atoms with Crippen LogP contribution < -0.4 is 10.1 Å². The van der Waals surface area contributed by atoms with E-state index in [9.17, 15) is 0 Å².